The second-order valence-electron chi connectivity index (χ2n) is 4.08. The Hall–Kier alpha value is -1.78. The number of methoxy groups -OCH3 is 1. The molecule has 1 aromatic carbocycles. The Labute approximate surface area is 117 Å². The number of ether oxygens (including phenoxy) is 1. The van der Waals surface area contributed by atoms with Gasteiger partial charge in [-0.3, -0.25) is 0 Å². The number of nitrogens with two attached hydrogens (primary N) is 1. The summed E-state index contributed by atoms with van der Waals surface area (Å²) < 4.78 is 5.04. The smallest absolute Gasteiger partial charge is 0.212 e. The van der Waals surface area contributed by atoms with Gasteiger partial charge >= 0.3 is 0 Å². The van der Waals surface area contributed by atoms with Gasteiger partial charge in [0.05, 0.1) is 13.2 Å². The molecule has 4 nitrogen and oxygen atoms in total. The van der Waals surface area contributed by atoms with E-state index in [4.69, 9.17) is 22.1 Å². The van der Waals surface area contributed by atoms with Crippen molar-refractivity contribution in [1.29, 1.82) is 0 Å². The van der Waals surface area contributed by atoms with Crippen LogP contribution in [-0.2, 0) is 0 Å². The Bertz CT molecular complexity index is 530. The van der Waals surface area contributed by atoms with Gasteiger partial charge in [-0.25, -0.2) is 4.98 Å². The van der Waals surface area contributed by atoms with Crippen molar-refractivity contribution in [3.05, 3.63) is 53.2 Å². The van der Waals surface area contributed by atoms with Crippen LogP contribution in [0.25, 0.3) is 0 Å². The summed E-state index contributed by atoms with van der Waals surface area (Å²) in [5.41, 5.74) is 7.74. The van der Waals surface area contributed by atoms with Gasteiger partial charge in [-0.05, 0) is 23.8 Å². The third-order valence-electron chi connectivity index (χ3n) is 2.77. The highest BCUT2D eigenvalue weighted by Crippen LogP contribution is 2.22. The fourth-order valence-corrected chi connectivity index (χ4v) is 1.97. The first-order chi connectivity index (χ1) is 9.22. The molecule has 1 aromatic heterocycles. The zero-order valence-corrected chi connectivity index (χ0v) is 11.4. The Morgan fingerprint density at radius 1 is 1.37 bits per heavy atom. The van der Waals surface area contributed by atoms with Gasteiger partial charge in [-0.15, -0.1) is 0 Å². The molecule has 0 radical (unpaired) electrons. The maximum Gasteiger partial charge on any atom is 0.212 e. The summed E-state index contributed by atoms with van der Waals surface area (Å²) in [6.45, 7) is 0.459. The maximum absolute atomic E-state index is 5.96. The molecular formula is C14H16ClN3O. The normalized spacial score (nSPS) is 11.9. The van der Waals surface area contributed by atoms with E-state index in [1.54, 1.807) is 13.3 Å². The minimum Gasteiger partial charge on any atom is -0.481 e. The van der Waals surface area contributed by atoms with E-state index in [1.165, 1.54) is 0 Å². The van der Waals surface area contributed by atoms with E-state index in [9.17, 15) is 0 Å². The van der Waals surface area contributed by atoms with Crippen LogP contribution in [0.4, 0.5) is 5.69 Å². The van der Waals surface area contributed by atoms with Crippen LogP contribution >= 0.6 is 11.6 Å². The van der Waals surface area contributed by atoms with Crippen molar-refractivity contribution in [2.75, 3.05) is 19.0 Å². The number of anilines is 1. The lowest BCUT2D eigenvalue weighted by molar-refractivity contribution is 0.397. The van der Waals surface area contributed by atoms with Gasteiger partial charge in [0.25, 0.3) is 0 Å². The number of nitrogens with zero attached hydrogens (tertiary/aromatic N) is 1. The molecule has 0 amide bonds. The molecule has 19 heavy (non-hydrogen) atoms. The van der Waals surface area contributed by atoms with Gasteiger partial charge in [0, 0.05) is 29.5 Å². The highest BCUT2D eigenvalue weighted by Gasteiger charge is 2.10. The fraction of sp³-hybridized carbons (Fsp3) is 0.214. The van der Waals surface area contributed by atoms with Crippen molar-refractivity contribution < 1.29 is 4.74 Å². The van der Waals surface area contributed by atoms with Crippen LogP contribution in [0.1, 0.15) is 11.6 Å². The molecule has 2 aromatic rings. The van der Waals surface area contributed by atoms with E-state index in [0.29, 0.717) is 17.4 Å². The fourth-order valence-electron chi connectivity index (χ4n) is 1.78. The van der Waals surface area contributed by atoms with Crippen LogP contribution < -0.4 is 15.8 Å². The molecule has 1 atom stereocenters. The summed E-state index contributed by atoms with van der Waals surface area (Å²) in [6.07, 6.45) is 1.76. The van der Waals surface area contributed by atoms with Crippen molar-refractivity contribution in [1.82, 2.24) is 4.98 Å². The van der Waals surface area contributed by atoms with Crippen LogP contribution in [0.5, 0.6) is 5.88 Å². The molecule has 100 valence electrons. The van der Waals surface area contributed by atoms with E-state index in [1.807, 2.05) is 36.4 Å². The SMILES string of the molecule is COc1ccc(C(CN)Nc2cccc(Cl)c2)cn1. The van der Waals surface area contributed by atoms with E-state index >= 15 is 0 Å². The monoisotopic (exact) mass is 277 g/mol. The lowest BCUT2D eigenvalue weighted by Crippen LogP contribution is -2.20. The van der Waals surface area contributed by atoms with Crippen molar-refractivity contribution in [3.8, 4) is 5.88 Å². The van der Waals surface area contributed by atoms with Crippen molar-refractivity contribution >= 4 is 17.3 Å². The average Bonchev–Trinajstić information content (AvgIpc) is 2.45. The number of benzene rings is 1. The van der Waals surface area contributed by atoms with E-state index < -0.39 is 0 Å². The first-order valence-corrected chi connectivity index (χ1v) is 6.33. The third-order valence-corrected chi connectivity index (χ3v) is 3.01. The van der Waals surface area contributed by atoms with Crippen molar-refractivity contribution in [2.45, 2.75) is 6.04 Å². The molecule has 0 aliphatic heterocycles. The highest BCUT2D eigenvalue weighted by molar-refractivity contribution is 6.30. The summed E-state index contributed by atoms with van der Waals surface area (Å²) in [6, 6.07) is 11.3. The standard InChI is InChI=1S/C14H16ClN3O/c1-19-14-6-5-10(9-17-14)13(8-16)18-12-4-2-3-11(15)7-12/h2-7,9,13,18H,8,16H2,1H3. The molecular weight excluding hydrogens is 262 g/mol. The van der Waals surface area contributed by atoms with Gasteiger partial charge in [-0.1, -0.05) is 23.7 Å². The Morgan fingerprint density at radius 2 is 2.21 bits per heavy atom. The molecule has 3 N–H and O–H groups in total. The average molecular weight is 278 g/mol. The summed E-state index contributed by atoms with van der Waals surface area (Å²) in [4.78, 5) is 4.18. The molecule has 0 aliphatic carbocycles. The molecule has 0 aliphatic rings. The van der Waals surface area contributed by atoms with E-state index in [0.717, 1.165) is 11.3 Å². The van der Waals surface area contributed by atoms with Crippen molar-refractivity contribution in [3.63, 3.8) is 0 Å². The van der Waals surface area contributed by atoms with E-state index in [-0.39, 0.29) is 6.04 Å². The minimum absolute atomic E-state index is 0.0168. The minimum atomic E-state index is -0.0168. The highest BCUT2D eigenvalue weighted by atomic mass is 35.5. The number of hydrogen-bond acceptors (Lipinski definition) is 4. The molecule has 2 rings (SSSR count). The van der Waals surface area contributed by atoms with Crippen LogP contribution in [0, 0.1) is 0 Å². The van der Waals surface area contributed by atoms with Crippen LogP contribution in [0.15, 0.2) is 42.6 Å². The summed E-state index contributed by atoms with van der Waals surface area (Å²) >= 11 is 5.96. The number of aromatic nitrogens is 1. The summed E-state index contributed by atoms with van der Waals surface area (Å²) in [5, 5.41) is 4.02. The predicted molar refractivity (Wildman–Crippen MR) is 77.7 cm³/mol. The number of pyridine rings is 1. The lowest BCUT2D eigenvalue weighted by atomic mass is 10.1. The van der Waals surface area contributed by atoms with Crippen molar-refractivity contribution in [2.24, 2.45) is 5.73 Å². The predicted octanol–water partition coefficient (Wildman–Crippen LogP) is 2.86. The summed E-state index contributed by atoms with van der Waals surface area (Å²) in [7, 11) is 1.59. The topological polar surface area (TPSA) is 60.2 Å². The molecule has 5 heteroatoms. The van der Waals surface area contributed by atoms with Crippen LogP contribution in [0.2, 0.25) is 5.02 Å². The molecule has 0 saturated carbocycles. The van der Waals surface area contributed by atoms with Gasteiger partial charge < -0.3 is 15.8 Å². The summed E-state index contributed by atoms with van der Waals surface area (Å²) in [5.74, 6) is 0.585. The molecule has 1 unspecified atom stereocenters. The quantitative estimate of drug-likeness (QED) is 0.882. The van der Waals surface area contributed by atoms with Crippen LogP contribution in [-0.4, -0.2) is 18.6 Å². The molecule has 0 bridgehead atoms. The molecule has 0 fully saturated rings. The second-order valence-corrected chi connectivity index (χ2v) is 4.51. The molecule has 1 heterocycles. The molecule has 0 spiro atoms. The molecule has 0 saturated heterocycles. The zero-order chi connectivity index (χ0) is 13.7. The second kappa shape index (κ2) is 6.41. The zero-order valence-electron chi connectivity index (χ0n) is 10.6. The number of rotatable bonds is 5. The largest absolute Gasteiger partial charge is 0.481 e. The first kappa shape index (κ1) is 13.6. The number of halogens is 1. The van der Waals surface area contributed by atoms with Gasteiger partial charge in [0.1, 0.15) is 0 Å². The van der Waals surface area contributed by atoms with Crippen LogP contribution in [0.3, 0.4) is 0 Å². The van der Waals surface area contributed by atoms with Gasteiger partial charge in [-0.2, -0.15) is 0 Å². The Morgan fingerprint density at radius 3 is 2.79 bits per heavy atom. The third kappa shape index (κ3) is 3.59. The Balaban J connectivity index is 2.15. The van der Waals surface area contributed by atoms with Gasteiger partial charge in [0.2, 0.25) is 5.88 Å². The first-order valence-electron chi connectivity index (χ1n) is 5.95. The van der Waals surface area contributed by atoms with E-state index in [2.05, 4.69) is 10.3 Å². The van der Waals surface area contributed by atoms with Gasteiger partial charge in [0.15, 0.2) is 0 Å². The Kier molecular flexibility index (Phi) is 4.60. The number of nitrogens with one attached hydrogen (secondary N) is 1. The lowest BCUT2D eigenvalue weighted by Gasteiger charge is -2.18. The maximum atomic E-state index is 5.96. The number of hydrogen-bond donors (Lipinski definition) is 2.